The normalized spacial score (nSPS) is 23.4. The van der Waals surface area contributed by atoms with E-state index >= 15 is 0 Å². The largest absolute Gasteiger partial charge is 0.508 e. The molecule has 0 saturated heterocycles. The molecule has 1 aliphatic carbocycles. The number of rotatable bonds is 1. The zero-order valence-electron chi connectivity index (χ0n) is 10.9. The van der Waals surface area contributed by atoms with Gasteiger partial charge in [-0.3, -0.25) is 0 Å². The number of nitrogens with one attached hydrogen (secondary N) is 1. The second-order valence-electron chi connectivity index (χ2n) is 5.49. The summed E-state index contributed by atoms with van der Waals surface area (Å²) in [4.78, 5) is 2.91. The number of aromatic hydroxyl groups is 1. The van der Waals surface area contributed by atoms with Gasteiger partial charge in [0.25, 0.3) is 0 Å². The van der Waals surface area contributed by atoms with Crippen molar-refractivity contribution in [3.63, 3.8) is 0 Å². The first kappa shape index (κ1) is 11.4. The summed E-state index contributed by atoms with van der Waals surface area (Å²) in [7, 11) is 0. The van der Waals surface area contributed by atoms with Gasteiger partial charge in [0.05, 0.1) is 0 Å². The van der Waals surface area contributed by atoms with Crippen LogP contribution in [0.15, 0.2) is 24.3 Å². The van der Waals surface area contributed by atoms with Crippen molar-refractivity contribution in [2.75, 3.05) is 5.32 Å². The van der Waals surface area contributed by atoms with E-state index in [-0.39, 0.29) is 0 Å². The lowest BCUT2D eigenvalue weighted by Gasteiger charge is -2.28. The summed E-state index contributed by atoms with van der Waals surface area (Å²) in [5, 5.41) is 13.5. The molecular formula is C16H17NOS. The second-order valence-corrected chi connectivity index (χ2v) is 6.66. The Morgan fingerprint density at radius 1 is 1.37 bits per heavy atom. The van der Waals surface area contributed by atoms with Gasteiger partial charge in [-0.05, 0) is 48.6 Å². The molecule has 98 valence electrons. The number of hydrogen-bond donors (Lipinski definition) is 2. The molecule has 2 atom stereocenters. The van der Waals surface area contributed by atoms with Gasteiger partial charge in [0, 0.05) is 27.4 Å². The van der Waals surface area contributed by atoms with Crippen molar-refractivity contribution in [1.29, 1.82) is 0 Å². The molecule has 1 aromatic carbocycles. The van der Waals surface area contributed by atoms with Crippen LogP contribution in [0.3, 0.4) is 0 Å². The molecule has 1 aromatic heterocycles. The van der Waals surface area contributed by atoms with Crippen LogP contribution in [0.25, 0.3) is 0 Å². The van der Waals surface area contributed by atoms with Crippen LogP contribution in [0.1, 0.15) is 40.1 Å². The van der Waals surface area contributed by atoms with Crippen LogP contribution >= 0.6 is 11.3 Å². The van der Waals surface area contributed by atoms with Crippen LogP contribution in [-0.2, 0) is 12.8 Å². The highest BCUT2D eigenvalue weighted by Gasteiger charge is 2.38. The van der Waals surface area contributed by atoms with Crippen molar-refractivity contribution in [2.45, 2.75) is 38.1 Å². The fourth-order valence-corrected chi connectivity index (χ4v) is 4.70. The second kappa shape index (κ2) is 4.01. The third-order valence-electron chi connectivity index (χ3n) is 4.38. The van der Waals surface area contributed by atoms with Crippen LogP contribution in [0.4, 0.5) is 5.69 Å². The lowest BCUT2D eigenvalue weighted by atomic mass is 9.80. The van der Waals surface area contributed by atoms with Gasteiger partial charge in [-0.1, -0.05) is 13.0 Å². The maximum atomic E-state index is 9.79. The zero-order chi connectivity index (χ0) is 13.0. The van der Waals surface area contributed by atoms with Crippen molar-refractivity contribution in [3.05, 3.63) is 45.1 Å². The van der Waals surface area contributed by atoms with Crippen molar-refractivity contribution in [2.24, 2.45) is 0 Å². The molecule has 2 aromatic rings. The molecule has 0 radical (unpaired) electrons. The van der Waals surface area contributed by atoms with Gasteiger partial charge in [-0.15, -0.1) is 11.3 Å². The van der Waals surface area contributed by atoms with Crippen molar-refractivity contribution >= 4 is 17.0 Å². The number of aryl methyl sites for hydroxylation is 2. The Balaban J connectivity index is 1.86. The molecule has 4 rings (SSSR count). The summed E-state index contributed by atoms with van der Waals surface area (Å²) in [5.74, 6) is 0.830. The van der Waals surface area contributed by atoms with Gasteiger partial charge in [0.15, 0.2) is 0 Å². The van der Waals surface area contributed by atoms with Crippen molar-refractivity contribution in [3.8, 4) is 5.75 Å². The summed E-state index contributed by atoms with van der Waals surface area (Å²) in [6.07, 6.45) is 3.40. The topological polar surface area (TPSA) is 32.3 Å². The lowest BCUT2D eigenvalue weighted by molar-refractivity contribution is 0.471. The van der Waals surface area contributed by atoms with Crippen LogP contribution in [0.2, 0.25) is 0 Å². The van der Waals surface area contributed by atoms with Gasteiger partial charge >= 0.3 is 0 Å². The standard InChI is InChI=1S/C16H17NOS/c1-2-11-8-14-16(19-11)15-12-7-10(18)5-3-9(12)4-6-13(15)17-14/h3,5,7-8,13,15,17-18H,2,4,6H2,1H3. The van der Waals surface area contributed by atoms with E-state index in [2.05, 4.69) is 24.4 Å². The summed E-state index contributed by atoms with van der Waals surface area (Å²) in [6.45, 7) is 2.21. The highest BCUT2D eigenvalue weighted by molar-refractivity contribution is 7.12. The SMILES string of the molecule is CCc1cc2c(s1)C1c3cc(O)ccc3CCC1N2. The van der Waals surface area contributed by atoms with Gasteiger partial charge < -0.3 is 10.4 Å². The first-order chi connectivity index (χ1) is 9.26. The molecule has 0 amide bonds. The molecule has 2 heterocycles. The summed E-state index contributed by atoms with van der Waals surface area (Å²) >= 11 is 1.93. The number of thiophene rings is 1. The van der Waals surface area contributed by atoms with E-state index in [1.54, 1.807) is 0 Å². The molecule has 3 heteroatoms. The molecule has 2 unspecified atom stereocenters. The molecule has 0 saturated carbocycles. The fourth-order valence-electron chi connectivity index (χ4n) is 3.45. The Labute approximate surface area is 117 Å². The van der Waals surface area contributed by atoms with E-state index in [1.807, 2.05) is 23.5 Å². The van der Waals surface area contributed by atoms with Crippen LogP contribution in [0.5, 0.6) is 5.75 Å². The minimum atomic E-state index is 0.389. The average Bonchev–Trinajstić information content (AvgIpc) is 2.94. The van der Waals surface area contributed by atoms with Crippen LogP contribution < -0.4 is 5.32 Å². The van der Waals surface area contributed by atoms with E-state index in [9.17, 15) is 5.11 Å². The molecule has 0 bridgehead atoms. The number of benzene rings is 1. The third kappa shape index (κ3) is 1.61. The Hall–Kier alpha value is -1.48. The predicted molar refractivity (Wildman–Crippen MR) is 79.4 cm³/mol. The molecule has 2 nitrogen and oxygen atoms in total. The van der Waals surface area contributed by atoms with Crippen molar-refractivity contribution in [1.82, 2.24) is 0 Å². The van der Waals surface area contributed by atoms with E-state index < -0.39 is 0 Å². The Kier molecular flexibility index (Phi) is 2.39. The summed E-state index contributed by atoms with van der Waals surface area (Å²) in [6, 6.07) is 8.69. The molecule has 0 spiro atoms. The Morgan fingerprint density at radius 3 is 3.11 bits per heavy atom. The molecule has 0 fully saturated rings. The van der Waals surface area contributed by atoms with Gasteiger partial charge in [-0.2, -0.15) is 0 Å². The monoisotopic (exact) mass is 271 g/mol. The lowest BCUT2D eigenvalue weighted by Crippen LogP contribution is -2.27. The molecule has 2 N–H and O–H groups in total. The first-order valence-corrected chi connectivity index (χ1v) is 7.79. The maximum absolute atomic E-state index is 9.79. The first-order valence-electron chi connectivity index (χ1n) is 6.97. The number of anilines is 1. The van der Waals surface area contributed by atoms with Crippen LogP contribution in [-0.4, -0.2) is 11.1 Å². The smallest absolute Gasteiger partial charge is 0.115 e. The number of hydrogen-bond acceptors (Lipinski definition) is 3. The van der Waals surface area contributed by atoms with Gasteiger partial charge in [0.2, 0.25) is 0 Å². The molecule has 2 aliphatic rings. The molecular weight excluding hydrogens is 254 g/mol. The number of fused-ring (bicyclic) bond motifs is 5. The summed E-state index contributed by atoms with van der Waals surface area (Å²) < 4.78 is 0. The fraction of sp³-hybridized carbons (Fsp3) is 0.375. The van der Waals surface area contributed by atoms with Crippen molar-refractivity contribution < 1.29 is 5.11 Å². The third-order valence-corrected chi connectivity index (χ3v) is 5.74. The summed E-state index contributed by atoms with van der Waals surface area (Å²) in [5.41, 5.74) is 4.06. The maximum Gasteiger partial charge on any atom is 0.115 e. The van der Waals surface area contributed by atoms with E-state index in [0.29, 0.717) is 17.7 Å². The minimum Gasteiger partial charge on any atom is -0.508 e. The van der Waals surface area contributed by atoms with E-state index in [1.165, 1.54) is 33.0 Å². The molecule has 19 heavy (non-hydrogen) atoms. The van der Waals surface area contributed by atoms with Crippen LogP contribution in [0, 0.1) is 0 Å². The van der Waals surface area contributed by atoms with E-state index in [0.717, 1.165) is 12.8 Å². The minimum absolute atomic E-state index is 0.389. The number of phenolic OH excluding ortho intramolecular Hbond substituents is 1. The average molecular weight is 271 g/mol. The van der Waals surface area contributed by atoms with Gasteiger partial charge in [0.1, 0.15) is 5.75 Å². The highest BCUT2D eigenvalue weighted by Crippen LogP contribution is 2.50. The zero-order valence-corrected chi connectivity index (χ0v) is 11.8. The number of phenols is 1. The highest BCUT2D eigenvalue weighted by atomic mass is 32.1. The Morgan fingerprint density at radius 2 is 2.26 bits per heavy atom. The van der Waals surface area contributed by atoms with E-state index in [4.69, 9.17) is 0 Å². The Bertz CT molecular complexity index is 646. The quantitative estimate of drug-likeness (QED) is 0.824. The van der Waals surface area contributed by atoms with Gasteiger partial charge in [-0.25, -0.2) is 0 Å². The molecule has 1 aliphatic heterocycles. The predicted octanol–water partition coefficient (Wildman–Crippen LogP) is 3.89.